The van der Waals surface area contributed by atoms with Gasteiger partial charge in [0.25, 0.3) is 0 Å². The third kappa shape index (κ3) is 4.94. The van der Waals surface area contributed by atoms with Crippen LogP contribution in [0, 0.1) is 11.8 Å². The highest BCUT2D eigenvalue weighted by molar-refractivity contribution is 5.89. The molecule has 25 heavy (non-hydrogen) atoms. The van der Waals surface area contributed by atoms with E-state index in [0.717, 1.165) is 28.7 Å². The molecule has 1 aliphatic carbocycles. The largest absolute Gasteiger partial charge is 0.401 e. The van der Waals surface area contributed by atoms with Gasteiger partial charge in [0.1, 0.15) is 0 Å². The molecule has 1 saturated carbocycles. The summed E-state index contributed by atoms with van der Waals surface area (Å²) in [5.41, 5.74) is 11.8. The Balaban J connectivity index is 2.25. The van der Waals surface area contributed by atoms with Gasteiger partial charge in [-0.2, -0.15) is 0 Å². The summed E-state index contributed by atoms with van der Waals surface area (Å²) in [6.07, 6.45) is 9.79. The van der Waals surface area contributed by atoms with E-state index < -0.39 is 0 Å². The molecule has 0 radical (unpaired) electrons. The zero-order valence-corrected chi connectivity index (χ0v) is 16.1. The van der Waals surface area contributed by atoms with Gasteiger partial charge in [0.2, 0.25) is 0 Å². The van der Waals surface area contributed by atoms with Gasteiger partial charge >= 0.3 is 0 Å². The average molecular weight is 337 g/mol. The number of aliphatic imine (C=N–C) groups is 1. The predicted molar refractivity (Wildman–Crippen MR) is 111 cm³/mol. The summed E-state index contributed by atoms with van der Waals surface area (Å²) in [7, 11) is 1.77. The van der Waals surface area contributed by atoms with Gasteiger partial charge in [-0.3, -0.25) is 4.99 Å². The van der Waals surface area contributed by atoms with E-state index in [9.17, 15) is 0 Å². The molecular weight excluding hydrogens is 304 g/mol. The fourth-order valence-corrected chi connectivity index (χ4v) is 3.36. The van der Waals surface area contributed by atoms with Crippen LogP contribution in [0.3, 0.4) is 0 Å². The summed E-state index contributed by atoms with van der Waals surface area (Å²) < 4.78 is 0. The van der Waals surface area contributed by atoms with Crippen LogP contribution in [0.4, 0.5) is 0 Å². The van der Waals surface area contributed by atoms with E-state index >= 15 is 0 Å². The second-order valence-electron chi connectivity index (χ2n) is 7.27. The van der Waals surface area contributed by atoms with Gasteiger partial charge in [0.05, 0.1) is 0 Å². The van der Waals surface area contributed by atoms with Gasteiger partial charge in [-0.1, -0.05) is 70.5 Å². The molecule has 2 heteroatoms. The summed E-state index contributed by atoms with van der Waals surface area (Å²) in [6, 6.07) is 8.96. The molecule has 0 amide bonds. The van der Waals surface area contributed by atoms with Crippen molar-refractivity contribution in [2.75, 3.05) is 7.05 Å². The van der Waals surface area contributed by atoms with Crippen LogP contribution in [-0.2, 0) is 0 Å². The first-order valence-corrected chi connectivity index (χ1v) is 9.38. The minimum absolute atomic E-state index is 0.281. The molecule has 0 spiro atoms. The zero-order valence-electron chi connectivity index (χ0n) is 16.1. The molecule has 1 aromatic rings. The Bertz CT molecular complexity index is 675. The summed E-state index contributed by atoms with van der Waals surface area (Å²) in [6.45, 7) is 10.4. The lowest BCUT2D eigenvalue weighted by atomic mass is 9.97. The Kier molecular flexibility index (Phi) is 6.81. The van der Waals surface area contributed by atoms with E-state index in [-0.39, 0.29) is 5.92 Å². The van der Waals surface area contributed by atoms with E-state index in [1.165, 1.54) is 30.4 Å². The number of rotatable bonds is 8. The maximum absolute atomic E-state index is 6.25. The normalized spacial score (nSPS) is 21.6. The van der Waals surface area contributed by atoms with Crippen LogP contribution in [0.25, 0.3) is 5.57 Å². The molecule has 0 bridgehead atoms. The van der Waals surface area contributed by atoms with Gasteiger partial charge in [-0.15, -0.1) is 0 Å². The molecule has 0 saturated heterocycles. The molecule has 1 fully saturated rings. The Hall–Kier alpha value is -2.09. The number of benzene rings is 1. The molecule has 2 atom stereocenters. The van der Waals surface area contributed by atoms with Crippen LogP contribution < -0.4 is 5.73 Å². The smallest absolute Gasteiger partial charge is 0.0298 e. The predicted octanol–water partition coefficient (Wildman–Crippen LogP) is 5.73. The van der Waals surface area contributed by atoms with Crippen LogP contribution in [0.5, 0.6) is 0 Å². The summed E-state index contributed by atoms with van der Waals surface area (Å²) in [4.78, 5) is 4.15. The van der Waals surface area contributed by atoms with E-state index in [1.54, 1.807) is 7.05 Å². The Morgan fingerprint density at radius 1 is 1.32 bits per heavy atom. The number of allylic oxidation sites excluding steroid dienone is 5. The lowest BCUT2D eigenvalue weighted by Gasteiger charge is -2.10. The quantitative estimate of drug-likeness (QED) is 0.478. The van der Waals surface area contributed by atoms with Crippen molar-refractivity contribution in [1.29, 1.82) is 0 Å². The molecule has 0 aromatic heterocycles. The van der Waals surface area contributed by atoms with E-state index in [0.29, 0.717) is 0 Å². The highest BCUT2D eigenvalue weighted by atomic mass is 14.7. The van der Waals surface area contributed by atoms with Gasteiger partial charge in [-0.05, 0) is 47.0 Å². The van der Waals surface area contributed by atoms with Crippen molar-refractivity contribution in [2.45, 2.75) is 46.0 Å². The van der Waals surface area contributed by atoms with Crippen LogP contribution in [-0.4, -0.2) is 13.3 Å². The molecule has 2 nitrogen and oxygen atoms in total. The minimum Gasteiger partial charge on any atom is -0.401 e. The van der Waals surface area contributed by atoms with Crippen LogP contribution in [0.2, 0.25) is 0 Å². The highest BCUT2D eigenvalue weighted by Crippen LogP contribution is 2.50. The minimum atomic E-state index is 0.281. The first-order valence-electron chi connectivity index (χ1n) is 9.38. The third-order valence-electron chi connectivity index (χ3n) is 5.01. The second-order valence-corrected chi connectivity index (χ2v) is 7.27. The fraction of sp³-hybridized carbons (Fsp3) is 0.435. The Morgan fingerprint density at radius 2 is 2.00 bits per heavy atom. The van der Waals surface area contributed by atoms with Gasteiger partial charge in [0.15, 0.2) is 0 Å². The Morgan fingerprint density at radius 3 is 2.52 bits per heavy atom. The molecule has 1 aromatic carbocycles. The second kappa shape index (κ2) is 8.84. The average Bonchev–Trinajstić information content (AvgIpc) is 3.37. The van der Waals surface area contributed by atoms with E-state index in [2.05, 4.69) is 62.7 Å². The Labute approximate surface area is 153 Å². The zero-order chi connectivity index (χ0) is 18.4. The van der Waals surface area contributed by atoms with Crippen molar-refractivity contribution in [3.8, 4) is 0 Å². The summed E-state index contributed by atoms with van der Waals surface area (Å²) >= 11 is 0. The molecule has 0 aliphatic heterocycles. The first-order chi connectivity index (χ1) is 12.0. The van der Waals surface area contributed by atoms with Crippen molar-refractivity contribution >= 4 is 11.8 Å². The molecule has 2 unspecified atom stereocenters. The molecule has 134 valence electrons. The summed E-state index contributed by atoms with van der Waals surface area (Å²) in [5, 5.41) is 0. The van der Waals surface area contributed by atoms with Crippen molar-refractivity contribution in [2.24, 2.45) is 22.6 Å². The number of nitrogens with zero attached hydrogens (tertiary/aromatic N) is 1. The maximum atomic E-state index is 6.25. The number of hydrogen-bond donors (Lipinski definition) is 1. The van der Waals surface area contributed by atoms with Crippen molar-refractivity contribution in [3.05, 3.63) is 65.4 Å². The maximum Gasteiger partial charge on any atom is 0.0298 e. The van der Waals surface area contributed by atoms with Crippen LogP contribution >= 0.6 is 0 Å². The topological polar surface area (TPSA) is 38.4 Å². The van der Waals surface area contributed by atoms with Crippen molar-refractivity contribution in [1.82, 2.24) is 0 Å². The van der Waals surface area contributed by atoms with E-state index in [1.807, 2.05) is 12.3 Å². The highest BCUT2D eigenvalue weighted by Gasteiger charge is 2.36. The van der Waals surface area contributed by atoms with Gasteiger partial charge in [-0.25, -0.2) is 0 Å². The third-order valence-corrected chi connectivity index (χ3v) is 5.01. The number of hydrogen-bond acceptors (Lipinski definition) is 2. The van der Waals surface area contributed by atoms with E-state index in [4.69, 9.17) is 5.73 Å². The lowest BCUT2D eigenvalue weighted by Crippen LogP contribution is -2.09. The standard InChI is InChI=1S/C23H32N2/c1-6-8-20-14-22(20)19-11-9-18(10-12-19)17(7-2)13-21(15-25-5)23(24)16(3)4/h7,9-13,15-16,20,22H,2,6,8,14,24H2,1,3-5H3/b17-13+,23-21-,25-15?. The van der Waals surface area contributed by atoms with Crippen molar-refractivity contribution < 1.29 is 0 Å². The molecular formula is C23H32N2. The molecule has 1 aliphatic rings. The van der Waals surface area contributed by atoms with Crippen molar-refractivity contribution in [3.63, 3.8) is 0 Å². The SMILES string of the molecule is C=C/C(=C\C(C=NC)=C(\N)C(C)C)c1ccc(C2CC2CCC)cc1. The molecule has 2 N–H and O–H groups in total. The monoisotopic (exact) mass is 336 g/mol. The fourth-order valence-electron chi connectivity index (χ4n) is 3.36. The lowest BCUT2D eigenvalue weighted by molar-refractivity contribution is 0.687. The van der Waals surface area contributed by atoms with Gasteiger partial charge in [0, 0.05) is 24.5 Å². The number of nitrogens with two attached hydrogens (primary N) is 1. The molecule has 0 heterocycles. The van der Waals surface area contributed by atoms with Crippen LogP contribution in [0.15, 0.2) is 59.3 Å². The van der Waals surface area contributed by atoms with Gasteiger partial charge < -0.3 is 5.73 Å². The first kappa shape index (κ1) is 19.2. The summed E-state index contributed by atoms with van der Waals surface area (Å²) in [5.74, 6) is 1.94. The van der Waals surface area contributed by atoms with Crippen LogP contribution in [0.1, 0.15) is 57.1 Å². The molecule has 2 rings (SSSR count).